The van der Waals surface area contributed by atoms with E-state index in [9.17, 15) is 4.79 Å². The van der Waals surface area contributed by atoms with Gasteiger partial charge in [0.05, 0.1) is 0 Å². The van der Waals surface area contributed by atoms with E-state index in [1.54, 1.807) is 0 Å². The second-order valence-electron chi connectivity index (χ2n) is 6.82. The van der Waals surface area contributed by atoms with Crippen molar-refractivity contribution in [3.05, 3.63) is 64.2 Å². The van der Waals surface area contributed by atoms with E-state index in [2.05, 4.69) is 51.2 Å². The first kappa shape index (κ1) is 17.3. The number of hydrogen-bond donors (Lipinski definition) is 1. The molecule has 2 aromatic rings. The van der Waals surface area contributed by atoms with Gasteiger partial charge in [-0.3, -0.25) is 4.79 Å². The third-order valence-corrected chi connectivity index (χ3v) is 4.46. The first-order valence-electron chi connectivity index (χ1n) is 8.33. The van der Waals surface area contributed by atoms with E-state index in [1.165, 1.54) is 11.1 Å². The molecule has 2 heteroatoms. The number of amides is 1. The van der Waals surface area contributed by atoms with Crippen molar-refractivity contribution in [1.29, 1.82) is 0 Å². The summed E-state index contributed by atoms with van der Waals surface area (Å²) < 4.78 is 0. The SMILES string of the molecule is Cc1cccc(C(=O)Nc2c(C(C)C)cccc2C(C)C)c1C. The second-order valence-corrected chi connectivity index (χ2v) is 6.82. The summed E-state index contributed by atoms with van der Waals surface area (Å²) in [5.74, 6) is 0.700. The van der Waals surface area contributed by atoms with Gasteiger partial charge in [-0.05, 0) is 54.0 Å². The molecule has 0 bridgehead atoms. The van der Waals surface area contributed by atoms with Gasteiger partial charge in [0, 0.05) is 11.3 Å². The lowest BCUT2D eigenvalue weighted by atomic mass is 9.92. The van der Waals surface area contributed by atoms with Crippen LogP contribution in [-0.4, -0.2) is 5.91 Å². The maximum absolute atomic E-state index is 12.8. The monoisotopic (exact) mass is 309 g/mol. The van der Waals surface area contributed by atoms with E-state index in [4.69, 9.17) is 0 Å². The Morgan fingerprint density at radius 1 is 0.870 bits per heavy atom. The predicted octanol–water partition coefficient (Wildman–Crippen LogP) is 5.80. The molecule has 0 heterocycles. The molecular formula is C21H27NO. The van der Waals surface area contributed by atoms with E-state index in [0.29, 0.717) is 11.8 Å². The minimum absolute atomic E-state index is 0.0267. The molecule has 0 saturated carbocycles. The molecule has 2 aromatic carbocycles. The van der Waals surface area contributed by atoms with Gasteiger partial charge in [0.1, 0.15) is 0 Å². The summed E-state index contributed by atoms with van der Waals surface area (Å²) in [5, 5.41) is 3.19. The van der Waals surface area contributed by atoms with Crippen molar-refractivity contribution in [2.45, 2.75) is 53.4 Å². The summed E-state index contributed by atoms with van der Waals surface area (Å²) in [6.07, 6.45) is 0. The topological polar surface area (TPSA) is 29.1 Å². The molecule has 1 amide bonds. The zero-order chi connectivity index (χ0) is 17.1. The molecule has 0 spiro atoms. The summed E-state index contributed by atoms with van der Waals surface area (Å²) >= 11 is 0. The summed E-state index contributed by atoms with van der Waals surface area (Å²) in [6, 6.07) is 12.2. The number of rotatable bonds is 4. The van der Waals surface area contributed by atoms with Crippen LogP contribution in [0.25, 0.3) is 0 Å². The molecule has 0 aliphatic carbocycles. The molecule has 0 aliphatic heterocycles. The quantitative estimate of drug-likeness (QED) is 0.759. The molecule has 2 nitrogen and oxygen atoms in total. The fourth-order valence-electron chi connectivity index (χ4n) is 2.87. The third-order valence-electron chi connectivity index (χ3n) is 4.46. The Morgan fingerprint density at radius 3 is 1.91 bits per heavy atom. The highest BCUT2D eigenvalue weighted by Gasteiger charge is 2.17. The van der Waals surface area contributed by atoms with Crippen LogP contribution in [0.3, 0.4) is 0 Å². The summed E-state index contributed by atoms with van der Waals surface area (Å²) in [6.45, 7) is 12.7. The van der Waals surface area contributed by atoms with Gasteiger partial charge >= 0.3 is 0 Å². The van der Waals surface area contributed by atoms with Crippen molar-refractivity contribution in [1.82, 2.24) is 0 Å². The van der Waals surface area contributed by atoms with Crippen molar-refractivity contribution < 1.29 is 4.79 Å². The van der Waals surface area contributed by atoms with Crippen LogP contribution in [0.2, 0.25) is 0 Å². The first-order chi connectivity index (χ1) is 10.8. The van der Waals surface area contributed by atoms with Crippen molar-refractivity contribution in [2.75, 3.05) is 5.32 Å². The van der Waals surface area contributed by atoms with Gasteiger partial charge in [0.15, 0.2) is 0 Å². The van der Waals surface area contributed by atoms with Crippen LogP contribution >= 0.6 is 0 Å². The molecule has 0 atom stereocenters. The molecule has 1 N–H and O–H groups in total. The normalized spacial score (nSPS) is 11.1. The van der Waals surface area contributed by atoms with Crippen molar-refractivity contribution in [3.63, 3.8) is 0 Å². The van der Waals surface area contributed by atoms with Gasteiger partial charge in [-0.1, -0.05) is 58.0 Å². The molecule has 0 aromatic heterocycles. The number of aryl methyl sites for hydroxylation is 1. The predicted molar refractivity (Wildman–Crippen MR) is 98.5 cm³/mol. The molecule has 0 unspecified atom stereocenters. The average molecular weight is 309 g/mol. The van der Waals surface area contributed by atoms with Crippen molar-refractivity contribution in [3.8, 4) is 0 Å². The molecular weight excluding hydrogens is 282 g/mol. The highest BCUT2D eigenvalue weighted by Crippen LogP contribution is 2.32. The molecule has 2 rings (SSSR count). The zero-order valence-electron chi connectivity index (χ0n) is 15.0. The highest BCUT2D eigenvalue weighted by atomic mass is 16.1. The smallest absolute Gasteiger partial charge is 0.255 e. The van der Waals surface area contributed by atoms with Crippen LogP contribution < -0.4 is 5.32 Å². The number of para-hydroxylation sites is 1. The average Bonchev–Trinajstić information content (AvgIpc) is 2.49. The Bertz CT molecular complexity index is 688. The maximum Gasteiger partial charge on any atom is 0.255 e. The minimum Gasteiger partial charge on any atom is -0.321 e. The summed E-state index contributed by atoms with van der Waals surface area (Å²) in [7, 11) is 0. The Hall–Kier alpha value is -2.09. The van der Waals surface area contributed by atoms with Crippen LogP contribution in [0.1, 0.15) is 72.1 Å². The molecule has 122 valence electrons. The molecule has 0 fully saturated rings. The van der Waals surface area contributed by atoms with E-state index >= 15 is 0 Å². The Kier molecular flexibility index (Phi) is 5.25. The summed E-state index contributed by atoms with van der Waals surface area (Å²) in [5.41, 5.74) is 6.28. The highest BCUT2D eigenvalue weighted by molar-refractivity contribution is 6.06. The number of hydrogen-bond acceptors (Lipinski definition) is 1. The van der Waals surface area contributed by atoms with Crippen LogP contribution in [0.15, 0.2) is 36.4 Å². The fraction of sp³-hybridized carbons (Fsp3) is 0.381. The molecule has 0 radical (unpaired) electrons. The number of nitrogens with one attached hydrogen (secondary N) is 1. The van der Waals surface area contributed by atoms with Gasteiger partial charge in [-0.15, -0.1) is 0 Å². The molecule has 0 saturated heterocycles. The second kappa shape index (κ2) is 6.99. The van der Waals surface area contributed by atoms with Gasteiger partial charge in [0.25, 0.3) is 5.91 Å². The molecule has 0 aliphatic rings. The summed E-state index contributed by atoms with van der Waals surface area (Å²) in [4.78, 5) is 12.8. The van der Waals surface area contributed by atoms with Gasteiger partial charge in [0.2, 0.25) is 0 Å². The van der Waals surface area contributed by atoms with E-state index < -0.39 is 0 Å². The standard InChI is InChI=1S/C21H27NO/c1-13(2)17-10-8-11-18(14(3)4)20(17)22-21(23)19-12-7-9-15(5)16(19)6/h7-14H,1-6H3,(H,22,23). The maximum atomic E-state index is 12.8. The lowest BCUT2D eigenvalue weighted by molar-refractivity contribution is 0.102. The van der Waals surface area contributed by atoms with Crippen LogP contribution in [0.4, 0.5) is 5.69 Å². The number of carbonyl (C=O) groups is 1. The van der Waals surface area contributed by atoms with Gasteiger partial charge < -0.3 is 5.32 Å². The number of carbonyl (C=O) groups excluding carboxylic acids is 1. The van der Waals surface area contributed by atoms with E-state index in [1.807, 2.05) is 32.0 Å². The van der Waals surface area contributed by atoms with Gasteiger partial charge in [-0.2, -0.15) is 0 Å². The zero-order valence-corrected chi connectivity index (χ0v) is 15.0. The lowest BCUT2D eigenvalue weighted by Gasteiger charge is -2.20. The minimum atomic E-state index is -0.0267. The van der Waals surface area contributed by atoms with Crippen molar-refractivity contribution in [2.24, 2.45) is 0 Å². The van der Waals surface area contributed by atoms with Crippen LogP contribution in [0, 0.1) is 13.8 Å². The first-order valence-corrected chi connectivity index (χ1v) is 8.33. The number of benzene rings is 2. The Labute approximate surface area is 139 Å². The molecule has 23 heavy (non-hydrogen) atoms. The Balaban J connectivity index is 2.46. The van der Waals surface area contributed by atoms with Crippen molar-refractivity contribution >= 4 is 11.6 Å². The largest absolute Gasteiger partial charge is 0.321 e. The van der Waals surface area contributed by atoms with E-state index in [0.717, 1.165) is 22.4 Å². The third kappa shape index (κ3) is 3.64. The fourth-order valence-corrected chi connectivity index (χ4v) is 2.87. The lowest BCUT2D eigenvalue weighted by Crippen LogP contribution is -2.17. The van der Waals surface area contributed by atoms with Crippen LogP contribution in [-0.2, 0) is 0 Å². The Morgan fingerprint density at radius 2 is 1.39 bits per heavy atom. The van der Waals surface area contributed by atoms with Gasteiger partial charge in [-0.25, -0.2) is 0 Å². The van der Waals surface area contributed by atoms with E-state index in [-0.39, 0.29) is 5.91 Å². The number of anilines is 1. The van der Waals surface area contributed by atoms with Crippen LogP contribution in [0.5, 0.6) is 0 Å².